The van der Waals surface area contributed by atoms with E-state index in [1.807, 2.05) is 0 Å². The molecule has 0 unspecified atom stereocenters. The van der Waals surface area contributed by atoms with Gasteiger partial charge in [0.25, 0.3) is 16.8 Å². The van der Waals surface area contributed by atoms with Crippen LogP contribution in [0.2, 0.25) is 0 Å². The molecule has 150 valence electrons. The molecule has 2 aromatic heterocycles. The number of hydrogen-bond acceptors (Lipinski definition) is 9. The number of carbonyl (C=O) groups is 2. The van der Waals surface area contributed by atoms with Crippen molar-refractivity contribution >= 4 is 34.6 Å². The Kier molecular flexibility index (Phi) is 4.43. The van der Waals surface area contributed by atoms with Gasteiger partial charge in [-0.2, -0.15) is 14.6 Å². The van der Waals surface area contributed by atoms with Crippen molar-refractivity contribution in [3.63, 3.8) is 0 Å². The van der Waals surface area contributed by atoms with Crippen molar-refractivity contribution in [1.82, 2.24) is 24.9 Å². The molecule has 2 aromatic carbocycles. The summed E-state index contributed by atoms with van der Waals surface area (Å²) in [6.45, 7) is 0.0743. The number of anilines is 3. The monoisotopic (exact) mass is 407 g/mol. The zero-order valence-corrected chi connectivity index (χ0v) is 15.1. The molecule has 4 rings (SSSR count). The first-order valence-corrected chi connectivity index (χ1v) is 8.53. The zero-order valence-electron chi connectivity index (χ0n) is 15.1. The first-order chi connectivity index (χ1) is 14.3. The highest BCUT2D eigenvalue weighted by Crippen LogP contribution is 2.19. The third kappa shape index (κ3) is 3.22. The molecule has 0 aliphatic rings. The number of hydrogen-bond donors (Lipinski definition) is 4. The van der Waals surface area contributed by atoms with Crippen LogP contribution in [0.25, 0.3) is 5.65 Å². The average molecular weight is 407 g/mol. The number of fused-ring (bicyclic) bond motifs is 1. The summed E-state index contributed by atoms with van der Waals surface area (Å²) in [6.07, 6.45) is 1.37. The van der Waals surface area contributed by atoms with Crippen molar-refractivity contribution in [3.8, 4) is 0 Å². The van der Waals surface area contributed by atoms with Gasteiger partial charge < -0.3 is 21.5 Å². The molecule has 12 nitrogen and oxygen atoms in total. The number of nitrogens with two attached hydrogens (primary N) is 1. The van der Waals surface area contributed by atoms with E-state index in [1.165, 1.54) is 12.3 Å². The molecule has 0 saturated heterocycles. The number of carboxylic acid groups (broad SMARTS) is 1. The fourth-order valence-corrected chi connectivity index (χ4v) is 2.77. The minimum Gasteiger partial charge on any atom is -0.475 e. The van der Waals surface area contributed by atoms with E-state index in [9.17, 15) is 19.2 Å². The number of rotatable bonds is 6. The molecular weight excluding hydrogens is 394 g/mol. The minimum absolute atomic E-state index is 0.0319. The Morgan fingerprint density at radius 1 is 1.13 bits per heavy atom. The van der Waals surface area contributed by atoms with Crippen LogP contribution >= 0.6 is 0 Å². The molecule has 0 aliphatic carbocycles. The Hall–Kier alpha value is -4.61. The van der Waals surface area contributed by atoms with E-state index in [-0.39, 0.29) is 29.4 Å². The van der Waals surface area contributed by atoms with Crippen molar-refractivity contribution in [2.75, 3.05) is 11.1 Å². The van der Waals surface area contributed by atoms with E-state index in [2.05, 4.69) is 25.7 Å². The largest absolute Gasteiger partial charge is 0.475 e. The van der Waals surface area contributed by atoms with Crippen molar-refractivity contribution in [3.05, 3.63) is 74.2 Å². The van der Waals surface area contributed by atoms with E-state index in [4.69, 9.17) is 10.8 Å². The molecule has 12 heteroatoms. The van der Waals surface area contributed by atoms with Crippen molar-refractivity contribution in [2.24, 2.45) is 0 Å². The Morgan fingerprint density at radius 2 is 1.93 bits per heavy atom. The molecule has 0 spiro atoms. The SMILES string of the molecule is Nc1c(Nc2cccc(CNC(=O)c3nc(C(=O)O)nc4ccnn34)c2)c(=O)c1=O. The van der Waals surface area contributed by atoms with E-state index in [0.717, 1.165) is 4.52 Å². The van der Waals surface area contributed by atoms with Crippen LogP contribution < -0.4 is 27.2 Å². The summed E-state index contributed by atoms with van der Waals surface area (Å²) < 4.78 is 1.13. The molecule has 0 aliphatic heterocycles. The Labute approximate surface area is 166 Å². The maximum absolute atomic E-state index is 12.6. The summed E-state index contributed by atoms with van der Waals surface area (Å²) in [7, 11) is 0. The van der Waals surface area contributed by atoms with Gasteiger partial charge in [-0.05, 0) is 17.7 Å². The van der Waals surface area contributed by atoms with Gasteiger partial charge in [0.2, 0.25) is 11.6 Å². The van der Waals surface area contributed by atoms with Crippen LogP contribution in [0.4, 0.5) is 17.1 Å². The van der Waals surface area contributed by atoms with Gasteiger partial charge in [-0.3, -0.25) is 14.4 Å². The highest BCUT2D eigenvalue weighted by Gasteiger charge is 2.19. The number of benzene rings is 1. The van der Waals surface area contributed by atoms with Crippen molar-refractivity contribution in [1.29, 1.82) is 0 Å². The highest BCUT2D eigenvalue weighted by atomic mass is 16.4. The number of aromatic carboxylic acids is 1. The first-order valence-electron chi connectivity index (χ1n) is 8.53. The number of nitrogen functional groups attached to an aromatic ring is 1. The first kappa shape index (κ1) is 18.7. The quantitative estimate of drug-likeness (QED) is 0.309. The fraction of sp³-hybridized carbons (Fsp3) is 0.0556. The molecule has 0 radical (unpaired) electrons. The molecule has 0 fully saturated rings. The second-order valence-corrected chi connectivity index (χ2v) is 6.23. The second-order valence-electron chi connectivity index (χ2n) is 6.23. The number of nitrogens with zero attached hydrogens (tertiary/aromatic N) is 4. The van der Waals surface area contributed by atoms with Crippen LogP contribution in [-0.4, -0.2) is 36.6 Å². The third-order valence-electron chi connectivity index (χ3n) is 4.25. The molecule has 1 amide bonds. The van der Waals surface area contributed by atoms with Crippen LogP contribution in [0, 0.1) is 0 Å². The molecule has 0 bridgehead atoms. The highest BCUT2D eigenvalue weighted by molar-refractivity contribution is 5.93. The van der Waals surface area contributed by atoms with Crippen LogP contribution in [0.3, 0.4) is 0 Å². The van der Waals surface area contributed by atoms with Crippen LogP contribution in [0.1, 0.15) is 26.8 Å². The zero-order chi connectivity index (χ0) is 21.4. The standard InChI is InChI=1S/C18H13N7O5/c19-11-12(14(27)13(11)26)22-9-3-1-2-8(6-9)7-20-17(28)16-24-15(18(29)30)23-10-4-5-21-25(10)16/h1-6,22H,7,19H2,(H,20,28)(H,29,30). The van der Waals surface area contributed by atoms with Crippen molar-refractivity contribution < 1.29 is 14.7 Å². The van der Waals surface area contributed by atoms with E-state index in [0.29, 0.717) is 11.3 Å². The normalized spacial score (nSPS) is 10.9. The number of carboxylic acids is 1. The summed E-state index contributed by atoms with van der Waals surface area (Å²) in [5.74, 6) is -2.78. The minimum atomic E-state index is -1.37. The lowest BCUT2D eigenvalue weighted by Crippen LogP contribution is -2.36. The lowest BCUT2D eigenvalue weighted by Gasteiger charge is -2.11. The van der Waals surface area contributed by atoms with E-state index in [1.54, 1.807) is 24.3 Å². The lowest BCUT2D eigenvalue weighted by molar-refractivity contribution is 0.0683. The fourth-order valence-electron chi connectivity index (χ4n) is 2.77. The van der Waals surface area contributed by atoms with Gasteiger partial charge in [-0.25, -0.2) is 9.78 Å². The Balaban J connectivity index is 1.52. The van der Waals surface area contributed by atoms with Crippen LogP contribution in [-0.2, 0) is 6.54 Å². The van der Waals surface area contributed by atoms with Gasteiger partial charge in [0, 0.05) is 18.3 Å². The third-order valence-corrected chi connectivity index (χ3v) is 4.25. The second kappa shape index (κ2) is 7.09. The molecule has 0 saturated carbocycles. The molecule has 0 atom stereocenters. The number of aromatic nitrogens is 4. The maximum Gasteiger partial charge on any atom is 0.374 e. The lowest BCUT2D eigenvalue weighted by atomic mass is 10.1. The Bertz CT molecular complexity index is 1380. The predicted octanol–water partition coefficient (Wildman–Crippen LogP) is -0.326. The molecule has 30 heavy (non-hydrogen) atoms. The topological polar surface area (TPSA) is 182 Å². The summed E-state index contributed by atoms with van der Waals surface area (Å²) in [6, 6.07) is 8.18. The van der Waals surface area contributed by atoms with Crippen molar-refractivity contribution in [2.45, 2.75) is 6.54 Å². The van der Waals surface area contributed by atoms with Gasteiger partial charge in [0.15, 0.2) is 5.65 Å². The number of carbonyl (C=O) groups excluding carboxylic acids is 1. The molecule has 4 aromatic rings. The molecule has 5 N–H and O–H groups in total. The number of nitrogens with one attached hydrogen (secondary N) is 2. The van der Waals surface area contributed by atoms with E-state index >= 15 is 0 Å². The summed E-state index contributed by atoms with van der Waals surface area (Å²) >= 11 is 0. The van der Waals surface area contributed by atoms with Gasteiger partial charge in [-0.15, -0.1) is 0 Å². The molecule has 2 heterocycles. The molecular formula is C18H13N7O5. The smallest absolute Gasteiger partial charge is 0.374 e. The summed E-state index contributed by atoms with van der Waals surface area (Å²) in [5, 5.41) is 18.5. The Morgan fingerprint density at radius 3 is 2.67 bits per heavy atom. The van der Waals surface area contributed by atoms with Gasteiger partial charge in [0.05, 0.1) is 6.20 Å². The average Bonchev–Trinajstić information content (AvgIpc) is 3.23. The van der Waals surface area contributed by atoms with Crippen LogP contribution in [0.15, 0.2) is 46.1 Å². The predicted molar refractivity (Wildman–Crippen MR) is 104 cm³/mol. The van der Waals surface area contributed by atoms with Crippen LogP contribution in [0.5, 0.6) is 0 Å². The summed E-state index contributed by atoms with van der Waals surface area (Å²) in [5.41, 5.74) is 5.33. The number of amides is 1. The van der Waals surface area contributed by atoms with Gasteiger partial charge in [0.1, 0.15) is 11.4 Å². The maximum atomic E-state index is 12.6. The van der Waals surface area contributed by atoms with Gasteiger partial charge in [-0.1, -0.05) is 12.1 Å². The van der Waals surface area contributed by atoms with Gasteiger partial charge >= 0.3 is 5.97 Å². The van der Waals surface area contributed by atoms with E-state index < -0.39 is 28.6 Å². The summed E-state index contributed by atoms with van der Waals surface area (Å²) in [4.78, 5) is 54.1.